The van der Waals surface area contributed by atoms with Gasteiger partial charge in [0.05, 0.1) is 30.5 Å². The zero-order valence-electron chi connectivity index (χ0n) is 31.6. The van der Waals surface area contributed by atoms with Crippen molar-refractivity contribution in [3.8, 4) is 0 Å². The fraction of sp³-hybridized carbons (Fsp3) is 0.763. The summed E-state index contributed by atoms with van der Waals surface area (Å²) >= 11 is 0. The number of ketones is 2. The Morgan fingerprint density at radius 3 is 2.22 bits per heavy atom. The minimum absolute atomic E-state index is 0.0670. The normalized spacial score (nSPS) is 39.6. The second kappa shape index (κ2) is 18.0. The molecule has 3 rings (SSSR count). The molecular weight excluding hydrogens is 644 g/mol. The number of aliphatic hydroxyl groups excluding tert-OH is 2. The number of aliphatic hydroxyl groups is 3. The van der Waals surface area contributed by atoms with Crippen LogP contribution in [-0.4, -0.2) is 119 Å². The van der Waals surface area contributed by atoms with Gasteiger partial charge in [-0.2, -0.15) is 0 Å². The van der Waals surface area contributed by atoms with Crippen molar-refractivity contribution in [2.45, 2.75) is 135 Å². The van der Waals surface area contributed by atoms with E-state index in [1.54, 1.807) is 34.6 Å². The minimum atomic E-state index is -1.97. The van der Waals surface area contributed by atoms with E-state index in [9.17, 15) is 29.7 Å². The first-order chi connectivity index (χ1) is 23.3. The average Bonchev–Trinajstić information content (AvgIpc) is 3.08. The molecule has 2 heterocycles. The van der Waals surface area contributed by atoms with Crippen molar-refractivity contribution >= 4 is 17.5 Å². The van der Waals surface area contributed by atoms with Crippen LogP contribution in [0.2, 0.25) is 0 Å². The van der Waals surface area contributed by atoms with Crippen LogP contribution < -0.4 is 5.32 Å². The summed E-state index contributed by atoms with van der Waals surface area (Å²) in [5.41, 5.74) is -2.20. The van der Waals surface area contributed by atoms with E-state index in [1.165, 1.54) is 13.8 Å². The Hall–Kier alpha value is -2.29. The van der Waals surface area contributed by atoms with Crippen LogP contribution in [0.4, 0.5) is 0 Å². The maximum Gasteiger partial charge on any atom is 0.316 e. The van der Waals surface area contributed by atoms with E-state index in [4.69, 9.17) is 18.9 Å². The van der Waals surface area contributed by atoms with Gasteiger partial charge in [-0.3, -0.25) is 14.4 Å². The third-order valence-corrected chi connectivity index (χ3v) is 10.7. The summed E-state index contributed by atoms with van der Waals surface area (Å²) in [5.74, 6) is -5.71. The van der Waals surface area contributed by atoms with Crippen molar-refractivity contribution in [2.75, 3.05) is 27.2 Å². The van der Waals surface area contributed by atoms with Crippen LogP contribution in [0.5, 0.6) is 0 Å². The van der Waals surface area contributed by atoms with Gasteiger partial charge in [-0.25, -0.2) is 0 Å². The number of carbonyl (C=O) groups excluding carboxylic acids is 3. The number of nitrogens with one attached hydrogen (secondary N) is 1. The molecule has 1 aromatic rings. The van der Waals surface area contributed by atoms with E-state index in [-0.39, 0.29) is 37.4 Å². The van der Waals surface area contributed by atoms with E-state index in [1.807, 2.05) is 56.3 Å². The summed E-state index contributed by atoms with van der Waals surface area (Å²) in [6.45, 7) is 14.2. The molecular formula is C38H62N2O10. The third kappa shape index (κ3) is 9.97. The highest BCUT2D eigenvalue weighted by molar-refractivity contribution is 6.00. The van der Waals surface area contributed by atoms with Gasteiger partial charge in [0.15, 0.2) is 12.1 Å². The molecule has 284 valence electrons. The number of hydrogen-bond acceptors (Lipinski definition) is 12. The number of esters is 1. The van der Waals surface area contributed by atoms with Gasteiger partial charge in [0.2, 0.25) is 0 Å². The Morgan fingerprint density at radius 2 is 1.62 bits per heavy atom. The van der Waals surface area contributed by atoms with Gasteiger partial charge in [0.1, 0.15) is 29.5 Å². The third-order valence-electron chi connectivity index (χ3n) is 10.7. The van der Waals surface area contributed by atoms with Gasteiger partial charge in [-0.1, -0.05) is 58.0 Å². The number of hydrogen-bond donors (Lipinski definition) is 4. The van der Waals surface area contributed by atoms with Gasteiger partial charge in [0.25, 0.3) is 0 Å². The standard InChI is InChI=1S/C38H62N2O10/c1-11-29-38(8,46)33(44)24(4)30(41)22(2)20-37(7,47-18-17-39-21-27-15-13-12-14-16-27)34(25(5)31(42)26(6)35(45)49-29)50-36-32(43)28(40(9)10)19-23(3)48-36/h12-16,22-26,28-29,32-34,36,39,43-44,46H,11,17-21H2,1-10H3/t22-,23-,24+,25+,26-,28+,29-,32-,33-,34-,36+,37-,38-/m1/s1. The lowest BCUT2D eigenvalue weighted by molar-refractivity contribution is -0.297. The van der Waals surface area contributed by atoms with Crippen molar-refractivity contribution in [1.82, 2.24) is 10.2 Å². The number of benzene rings is 1. The molecule has 0 aliphatic carbocycles. The van der Waals surface area contributed by atoms with E-state index in [0.29, 0.717) is 19.5 Å². The number of likely N-dealkylation sites (N-methyl/N-ethyl adjacent to an activating group) is 1. The molecule has 2 saturated heterocycles. The number of cyclic esters (lactones) is 1. The molecule has 50 heavy (non-hydrogen) atoms. The first-order valence-electron chi connectivity index (χ1n) is 18.1. The van der Waals surface area contributed by atoms with E-state index < -0.39 is 77.3 Å². The molecule has 12 nitrogen and oxygen atoms in total. The lowest BCUT2D eigenvalue weighted by atomic mass is 9.74. The highest BCUT2D eigenvalue weighted by atomic mass is 16.7. The highest BCUT2D eigenvalue weighted by Crippen LogP contribution is 2.38. The van der Waals surface area contributed by atoms with Gasteiger partial charge in [0, 0.05) is 36.9 Å². The Bertz CT molecular complexity index is 1260. The first-order valence-corrected chi connectivity index (χ1v) is 18.1. The molecule has 1 aromatic carbocycles. The maximum absolute atomic E-state index is 14.2. The van der Waals surface area contributed by atoms with Crippen molar-refractivity contribution in [3.63, 3.8) is 0 Å². The molecule has 0 spiro atoms. The molecule has 0 amide bonds. The Balaban J connectivity index is 2.06. The van der Waals surface area contributed by atoms with Crippen molar-refractivity contribution in [2.24, 2.45) is 23.7 Å². The molecule has 13 atom stereocenters. The summed E-state index contributed by atoms with van der Waals surface area (Å²) in [6.07, 6.45) is -5.55. The second-order valence-corrected chi connectivity index (χ2v) is 15.2. The summed E-state index contributed by atoms with van der Waals surface area (Å²) in [7, 11) is 3.73. The van der Waals surface area contributed by atoms with Crippen LogP contribution in [0.25, 0.3) is 0 Å². The van der Waals surface area contributed by atoms with E-state index >= 15 is 0 Å². The Labute approximate surface area is 298 Å². The molecule has 0 bridgehead atoms. The van der Waals surface area contributed by atoms with Gasteiger partial charge >= 0.3 is 5.97 Å². The lowest BCUT2D eigenvalue weighted by Crippen LogP contribution is -2.60. The monoisotopic (exact) mass is 706 g/mol. The molecule has 12 heteroatoms. The minimum Gasteiger partial charge on any atom is -0.459 e. The largest absolute Gasteiger partial charge is 0.459 e. The summed E-state index contributed by atoms with van der Waals surface area (Å²) < 4.78 is 25.1. The zero-order chi connectivity index (χ0) is 37.6. The number of nitrogens with zero attached hydrogens (tertiary/aromatic N) is 1. The molecule has 2 fully saturated rings. The van der Waals surface area contributed by atoms with Crippen LogP contribution in [0.3, 0.4) is 0 Å². The van der Waals surface area contributed by atoms with Gasteiger partial charge < -0.3 is 44.5 Å². The van der Waals surface area contributed by atoms with Crippen LogP contribution in [0.1, 0.15) is 80.2 Å². The number of ether oxygens (including phenoxy) is 4. The van der Waals surface area contributed by atoms with E-state index in [0.717, 1.165) is 5.56 Å². The number of Topliss-reactive ketones (excluding diaryl/α,β-unsaturated/α-hetero) is 2. The number of carbonyl (C=O) groups is 3. The molecule has 0 unspecified atom stereocenters. The summed E-state index contributed by atoms with van der Waals surface area (Å²) in [5, 5.41) is 37.6. The fourth-order valence-electron chi connectivity index (χ4n) is 7.56. The van der Waals surface area contributed by atoms with Crippen LogP contribution in [0, 0.1) is 23.7 Å². The molecule has 0 aromatic heterocycles. The fourth-order valence-corrected chi connectivity index (χ4v) is 7.56. The molecule has 0 saturated carbocycles. The average molecular weight is 707 g/mol. The van der Waals surface area contributed by atoms with Crippen LogP contribution in [-0.2, 0) is 39.9 Å². The van der Waals surface area contributed by atoms with Crippen LogP contribution in [0.15, 0.2) is 30.3 Å². The van der Waals surface area contributed by atoms with Crippen molar-refractivity contribution in [3.05, 3.63) is 35.9 Å². The molecule has 0 radical (unpaired) electrons. The van der Waals surface area contributed by atoms with Crippen molar-refractivity contribution < 1.29 is 48.7 Å². The lowest BCUT2D eigenvalue weighted by Gasteiger charge is -2.47. The first kappa shape index (κ1) is 42.1. The Morgan fingerprint density at radius 1 is 0.980 bits per heavy atom. The molecule has 4 N–H and O–H groups in total. The molecule has 2 aliphatic rings. The predicted molar refractivity (Wildman–Crippen MR) is 188 cm³/mol. The SMILES string of the molecule is CC[C@H]1OC(=O)[C@H](C)C(=O)[C@H](C)[C@@H](O[C@@H]2O[C@H](C)C[C@H](N(C)C)[C@H]2O)[C@](C)(OCCNCc2ccccc2)C[C@@H](C)C(=O)[C@H](C)[C@@H](O)[C@]1(C)O. The van der Waals surface area contributed by atoms with Gasteiger partial charge in [-0.15, -0.1) is 0 Å². The van der Waals surface area contributed by atoms with Crippen LogP contribution >= 0.6 is 0 Å². The van der Waals surface area contributed by atoms with Crippen molar-refractivity contribution in [1.29, 1.82) is 0 Å². The summed E-state index contributed by atoms with van der Waals surface area (Å²) in [6, 6.07) is 9.60. The smallest absolute Gasteiger partial charge is 0.316 e. The number of rotatable bonds is 10. The van der Waals surface area contributed by atoms with Gasteiger partial charge in [-0.05, 0) is 66.6 Å². The molecule has 2 aliphatic heterocycles. The summed E-state index contributed by atoms with van der Waals surface area (Å²) in [4.78, 5) is 43.6. The zero-order valence-corrected chi connectivity index (χ0v) is 31.6. The highest BCUT2D eigenvalue weighted by Gasteiger charge is 2.52. The Kier molecular flexibility index (Phi) is 15.1. The second-order valence-electron chi connectivity index (χ2n) is 15.2. The van der Waals surface area contributed by atoms with E-state index in [2.05, 4.69) is 5.32 Å². The predicted octanol–water partition coefficient (Wildman–Crippen LogP) is 2.88. The topological polar surface area (TPSA) is 164 Å². The quantitative estimate of drug-likeness (QED) is 0.160. The maximum atomic E-state index is 14.2.